The van der Waals surface area contributed by atoms with Crippen molar-refractivity contribution in [2.75, 3.05) is 31.6 Å². The van der Waals surface area contributed by atoms with Crippen molar-refractivity contribution in [2.24, 2.45) is 0 Å². The molecule has 1 aliphatic heterocycles. The lowest BCUT2D eigenvalue weighted by atomic mass is 10.1. The van der Waals surface area contributed by atoms with Crippen molar-refractivity contribution in [3.05, 3.63) is 29.3 Å². The number of nitrogens with zero attached hydrogens (tertiary/aromatic N) is 2. The number of piperazine rings is 1. The molecule has 0 radical (unpaired) electrons. The Kier molecular flexibility index (Phi) is 4.13. The maximum Gasteiger partial charge on any atom is 0.149 e. The highest BCUT2D eigenvalue weighted by molar-refractivity contribution is 5.52. The predicted molar refractivity (Wildman–Crippen MR) is 80.5 cm³/mol. The van der Waals surface area contributed by atoms with Gasteiger partial charge in [0.25, 0.3) is 0 Å². The third-order valence-corrected chi connectivity index (χ3v) is 4.37. The van der Waals surface area contributed by atoms with Gasteiger partial charge in [0.2, 0.25) is 0 Å². The average molecular weight is 295 g/mol. The molecule has 0 amide bonds. The molecule has 1 saturated carbocycles. The standard InChI is InChI=1S/C16H23F2N3/c1-11-10-20(2)5-6-21(11)16-14(17)7-12(8-15(16)18)9-19-13-3-4-13/h7-8,11,13,19H,3-6,9-10H2,1-2H3. The zero-order valence-electron chi connectivity index (χ0n) is 12.7. The Morgan fingerprint density at radius 2 is 1.86 bits per heavy atom. The van der Waals surface area contributed by atoms with Gasteiger partial charge in [-0.1, -0.05) is 0 Å². The van der Waals surface area contributed by atoms with Crippen LogP contribution in [-0.4, -0.2) is 43.7 Å². The third-order valence-electron chi connectivity index (χ3n) is 4.37. The summed E-state index contributed by atoms with van der Waals surface area (Å²) in [6.07, 6.45) is 2.34. The Balaban J connectivity index is 1.78. The Morgan fingerprint density at radius 1 is 1.19 bits per heavy atom. The first-order chi connectivity index (χ1) is 10.0. The molecule has 5 heteroatoms. The smallest absolute Gasteiger partial charge is 0.149 e. The van der Waals surface area contributed by atoms with E-state index in [1.54, 1.807) is 0 Å². The second kappa shape index (κ2) is 5.89. The lowest BCUT2D eigenvalue weighted by molar-refractivity contribution is 0.273. The normalized spacial score (nSPS) is 23.6. The van der Waals surface area contributed by atoms with Gasteiger partial charge in [0.05, 0.1) is 0 Å². The Hall–Kier alpha value is -1.20. The number of hydrogen-bond acceptors (Lipinski definition) is 3. The minimum absolute atomic E-state index is 0.114. The largest absolute Gasteiger partial charge is 0.362 e. The quantitative estimate of drug-likeness (QED) is 0.920. The van der Waals surface area contributed by atoms with Gasteiger partial charge in [0.1, 0.15) is 17.3 Å². The lowest BCUT2D eigenvalue weighted by Gasteiger charge is -2.40. The molecule has 1 aliphatic carbocycles. The highest BCUT2D eigenvalue weighted by Gasteiger charge is 2.27. The molecule has 1 aromatic rings. The molecular weight excluding hydrogens is 272 g/mol. The molecule has 0 spiro atoms. The molecule has 2 fully saturated rings. The monoisotopic (exact) mass is 295 g/mol. The topological polar surface area (TPSA) is 18.5 Å². The summed E-state index contributed by atoms with van der Waals surface area (Å²) in [6.45, 7) is 4.86. The molecule has 1 unspecified atom stereocenters. The second-order valence-electron chi connectivity index (χ2n) is 6.37. The van der Waals surface area contributed by atoms with Gasteiger partial charge < -0.3 is 15.1 Å². The van der Waals surface area contributed by atoms with Crippen molar-refractivity contribution in [1.82, 2.24) is 10.2 Å². The number of anilines is 1. The molecule has 1 saturated heterocycles. The number of rotatable bonds is 4. The van der Waals surface area contributed by atoms with Crippen LogP contribution < -0.4 is 10.2 Å². The first-order valence-corrected chi connectivity index (χ1v) is 7.71. The number of likely N-dealkylation sites (N-methyl/N-ethyl adjacent to an activating group) is 1. The summed E-state index contributed by atoms with van der Waals surface area (Å²) in [6, 6.07) is 3.59. The molecular formula is C16H23F2N3. The molecule has 1 atom stereocenters. The van der Waals surface area contributed by atoms with Gasteiger partial charge in [-0.05, 0) is 44.5 Å². The van der Waals surface area contributed by atoms with E-state index in [-0.39, 0.29) is 11.7 Å². The summed E-state index contributed by atoms with van der Waals surface area (Å²) in [5, 5.41) is 3.29. The van der Waals surface area contributed by atoms with E-state index < -0.39 is 11.6 Å². The van der Waals surface area contributed by atoms with Crippen LogP contribution in [0.1, 0.15) is 25.3 Å². The summed E-state index contributed by atoms with van der Waals surface area (Å²) in [5.74, 6) is -0.891. The SMILES string of the molecule is CC1CN(C)CCN1c1c(F)cc(CNC2CC2)cc1F. The van der Waals surface area contributed by atoms with Crippen molar-refractivity contribution in [2.45, 2.75) is 38.4 Å². The lowest BCUT2D eigenvalue weighted by Crippen LogP contribution is -2.51. The van der Waals surface area contributed by atoms with E-state index in [1.165, 1.54) is 25.0 Å². The first-order valence-electron chi connectivity index (χ1n) is 7.71. The first kappa shape index (κ1) is 14.7. The summed E-state index contributed by atoms with van der Waals surface area (Å²) >= 11 is 0. The molecule has 1 N–H and O–H groups in total. The second-order valence-corrected chi connectivity index (χ2v) is 6.37. The van der Waals surface area contributed by atoms with E-state index in [4.69, 9.17) is 0 Å². The minimum atomic E-state index is -0.445. The van der Waals surface area contributed by atoms with Gasteiger partial charge in [-0.3, -0.25) is 0 Å². The van der Waals surface area contributed by atoms with Crippen molar-refractivity contribution in [3.63, 3.8) is 0 Å². The van der Waals surface area contributed by atoms with Crippen molar-refractivity contribution in [1.29, 1.82) is 0 Å². The fourth-order valence-electron chi connectivity index (χ4n) is 3.02. The molecule has 0 aromatic heterocycles. The van der Waals surface area contributed by atoms with E-state index in [0.29, 0.717) is 24.7 Å². The molecule has 21 heavy (non-hydrogen) atoms. The highest BCUT2D eigenvalue weighted by atomic mass is 19.1. The molecule has 3 rings (SSSR count). The van der Waals surface area contributed by atoms with Crippen LogP contribution in [0.25, 0.3) is 0 Å². The van der Waals surface area contributed by atoms with Crippen LogP contribution in [0.2, 0.25) is 0 Å². The number of benzene rings is 1. The fourth-order valence-corrected chi connectivity index (χ4v) is 3.02. The highest BCUT2D eigenvalue weighted by Crippen LogP contribution is 2.28. The zero-order chi connectivity index (χ0) is 15.0. The summed E-state index contributed by atoms with van der Waals surface area (Å²) < 4.78 is 28.8. The summed E-state index contributed by atoms with van der Waals surface area (Å²) in [4.78, 5) is 4.04. The van der Waals surface area contributed by atoms with Gasteiger partial charge >= 0.3 is 0 Å². The molecule has 1 aromatic carbocycles. The van der Waals surface area contributed by atoms with E-state index in [1.807, 2.05) is 18.9 Å². The van der Waals surface area contributed by atoms with Gasteiger partial charge in [-0.25, -0.2) is 8.78 Å². The van der Waals surface area contributed by atoms with Crippen molar-refractivity contribution < 1.29 is 8.78 Å². The van der Waals surface area contributed by atoms with Crippen LogP contribution in [0.3, 0.4) is 0 Å². The molecule has 3 nitrogen and oxygen atoms in total. The van der Waals surface area contributed by atoms with Crippen LogP contribution in [0.5, 0.6) is 0 Å². The predicted octanol–water partition coefficient (Wildman–Crippen LogP) is 2.36. The molecule has 116 valence electrons. The zero-order valence-corrected chi connectivity index (χ0v) is 12.7. The number of halogens is 2. The Bertz CT molecular complexity index is 493. The third kappa shape index (κ3) is 3.35. The Labute approximate surface area is 124 Å². The minimum Gasteiger partial charge on any atom is -0.362 e. The number of nitrogens with one attached hydrogen (secondary N) is 1. The maximum absolute atomic E-state index is 14.4. The van der Waals surface area contributed by atoms with E-state index in [2.05, 4.69) is 10.2 Å². The van der Waals surface area contributed by atoms with Crippen molar-refractivity contribution >= 4 is 5.69 Å². The number of hydrogen-bond donors (Lipinski definition) is 1. The van der Waals surface area contributed by atoms with Crippen LogP contribution >= 0.6 is 0 Å². The van der Waals surface area contributed by atoms with E-state index in [0.717, 1.165) is 13.1 Å². The van der Waals surface area contributed by atoms with Gasteiger partial charge in [0.15, 0.2) is 0 Å². The van der Waals surface area contributed by atoms with Gasteiger partial charge in [-0.15, -0.1) is 0 Å². The summed E-state index contributed by atoms with van der Waals surface area (Å²) in [5.41, 5.74) is 0.813. The van der Waals surface area contributed by atoms with E-state index in [9.17, 15) is 8.78 Å². The average Bonchev–Trinajstić information content (AvgIpc) is 3.22. The van der Waals surface area contributed by atoms with E-state index >= 15 is 0 Å². The van der Waals surface area contributed by atoms with Crippen LogP contribution in [0.15, 0.2) is 12.1 Å². The van der Waals surface area contributed by atoms with Crippen molar-refractivity contribution in [3.8, 4) is 0 Å². The molecule has 1 heterocycles. The summed E-state index contributed by atoms with van der Waals surface area (Å²) in [7, 11) is 2.03. The van der Waals surface area contributed by atoms with Crippen LogP contribution in [0, 0.1) is 11.6 Å². The fraction of sp³-hybridized carbons (Fsp3) is 0.625. The molecule has 0 bridgehead atoms. The van der Waals surface area contributed by atoms with Gasteiger partial charge in [0, 0.05) is 38.3 Å². The maximum atomic E-state index is 14.4. The Morgan fingerprint density at radius 3 is 2.43 bits per heavy atom. The van der Waals surface area contributed by atoms with Gasteiger partial charge in [-0.2, -0.15) is 0 Å². The van der Waals surface area contributed by atoms with Crippen LogP contribution in [-0.2, 0) is 6.54 Å². The molecule has 2 aliphatic rings. The van der Waals surface area contributed by atoms with Crippen LogP contribution in [0.4, 0.5) is 14.5 Å².